The third-order valence-corrected chi connectivity index (χ3v) is 9.09. The molecule has 2 saturated heterocycles. The molecule has 0 N–H and O–H groups in total. The fraction of sp³-hybridized carbons (Fsp3) is 0.250. The number of amides is 4. The van der Waals surface area contributed by atoms with Crippen molar-refractivity contribution in [2.45, 2.75) is 5.41 Å². The van der Waals surface area contributed by atoms with Gasteiger partial charge in [-0.3, -0.25) is 19.2 Å². The number of ether oxygens (including phenoxy) is 2. The van der Waals surface area contributed by atoms with E-state index in [1.54, 1.807) is 62.8 Å². The van der Waals surface area contributed by atoms with Crippen LogP contribution in [-0.2, 0) is 24.6 Å². The highest BCUT2D eigenvalue weighted by Gasteiger charge is 2.75. The average molecular weight is 535 g/mol. The van der Waals surface area contributed by atoms with Crippen LogP contribution in [0.2, 0.25) is 0 Å². The minimum Gasteiger partial charge on any atom is -0.497 e. The van der Waals surface area contributed by atoms with E-state index in [9.17, 15) is 19.2 Å². The van der Waals surface area contributed by atoms with Crippen LogP contribution in [0.3, 0.4) is 0 Å². The van der Waals surface area contributed by atoms with Crippen molar-refractivity contribution < 1.29 is 28.7 Å². The quantitative estimate of drug-likeness (QED) is 0.366. The van der Waals surface area contributed by atoms with Gasteiger partial charge in [0.05, 0.1) is 49.3 Å². The van der Waals surface area contributed by atoms with Gasteiger partial charge in [-0.05, 0) is 54.1 Å². The number of carbonyl (C=O) groups is 4. The molecule has 6 atom stereocenters. The first-order valence-electron chi connectivity index (χ1n) is 13.2. The number of nitrogens with zero attached hydrogens (tertiary/aromatic N) is 2. The maximum absolute atomic E-state index is 14.3. The number of anilines is 2. The van der Waals surface area contributed by atoms with E-state index in [4.69, 9.17) is 9.47 Å². The molecule has 4 amide bonds. The second-order valence-electron chi connectivity index (χ2n) is 10.7. The summed E-state index contributed by atoms with van der Waals surface area (Å²) in [6.45, 7) is 0. The molecule has 8 rings (SSSR count). The van der Waals surface area contributed by atoms with Crippen molar-refractivity contribution in [3.8, 4) is 11.5 Å². The van der Waals surface area contributed by atoms with Crippen molar-refractivity contribution in [2.75, 3.05) is 24.0 Å². The normalized spacial score (nSPS) is 30.1. The molecule has 5 aliphatic rings. The van der Waals surface area contributed by atoms with Gasteiger partial charge in [0.1, 0.15) is 11.5 Å². The van der Waals surface area contributed by atoms with Gasteiger partial charge in [0.15, 0.2) is 0 Å². The first-order chi connectivity index (χ1) is 19.4. The molecule has 2 unspecified atom stereocenters. The molecule has 3 aromatic carbocycles. The number of allylic oxidation sites excluding steroid dienone is 2. The Morgan fingerprint density at radius 1 is 0.600 bits per heavy atom. The van der Waals surface area contributed by atoms with Crippen molar-refractivity contribution in [1.82, 2.24) is 0 Å². The molecule has 3 fully saturated rings. The Balaban J connectivity index is 1.39. The summed E-state index contributed by atoms with van der Waals surface area (Å²) in [4.78, 5) is 59.2. The van der Waals surface area contributed by atoms with Gasteiger partial charge >= 0.3 is 0 Å². The van der Waals surface area contributed by atoms with Gasteiger partial charge < -0.3 is 9.47 Å². The third kappa shape index (κ3) is 3.01. The molecule has 2 bridgehead atoms. The summed E-state index contributed by atoms with van der Waals surface area (Å²) in [6.07, 6.45) is 3.81. The summed E-state index contributed by atoms with van der Waals surface area (Å²) in [5, 5.41) is 0. The van der Waals surface area contributed by atoms with Crippen LogP contribution in [0.25, 0.3) is 0 Å². The van der Waals surface area contributed by atoms with E-state index in [-0.39, 0.29) is 23.6 Å². The van der Waals surface area contributed by atoms with Crippen molar-refractivity contribution in [3.05, 3.63) is 96.6 Å². The molecule has 3 aliphatic carbocycles. The number of methoxy groups -OCH3 is 2. The Morgan fingerprint density at radius 3 is 1.48 bits per heavy atom. The second-order valence-corrected chi connectivity index (χ2v) is 10.7. The standard InChI is InChI=1S/C32H26N2O6/c1-39-21-12-8-19(9-13-21)33-28(35)24-23-16-17-32(26(24)30(33)37,18-6-4-3-5-7-18)27-25(23)29(36)34(31(27)38)20-10-14-22(40-2)15-11-20/h3-17,23-27H,1-2H3/t23?,24-,25+,26-,27-,32?/m1/s1. The highest BCUT2D eigenvalue weighted by atomic mass is 16.5. The van der Waals surface area contributed by atoms with Gasteiger partial charge in [0.2, 0.25) is 23.6 Å². The molecule has 40 heavy (non-hydrogen) atoms. The van der Waals surface area contributed by atoms with Gasteiger partial charge in [-0.15, -0.1) is 0 Å². The predicted molar refractivity (Wildman–Crippen MR) is 146 cm³/mol. The number of imide groups is 2. The van der Waals surface area contributed by atoms with Crippen LogP contribution in [0, 0.1) is 29.6 Å². The molecule has 200 valence electrons. The van der Waals surface area contributed by atoms with E-state index in [1.165, 1.54) is 9.80 Å². The van der Waals surface area contributed by atoms with E-state index in [0.717, 1.165) is 5.56 Å². The van der Waals surface area contributed by atoms with Crippen LogP contribution >= 0.6 is 0 Å². The lowest BCUT2D eigenvalue weighted by molar-refractivity contribution is -0.140. The zero-order valence-electron chi connectivity index (χ0n) is 21.9. The number of hydrogen-bond donors (Lipinski definition) is 0. The summed E-state index contributed by atoms with van der Waals surface area (Å²) < 4.78 is 10.5. The zero-order valence-corrected chi connectivity index (χ0v) is 21.9. The summed E-state index contributed by atoms with van der Waals surface area (Å²) in [6, 6.07) is 22.9. The highest BCUT2D eigenvalue weighted by molar-refractivity contribution is 6.27. The fourth-order valence-electron chi connectivity index (χ4n) is 7.45. The van der Waals surface area contributed by atoms with Crippen molar-refractivity contribution in [3.63, 3.8) is 0 Å². The minimum absolute atomic E-state index is 0.351. The summed E-state index contributed by atoms with van der Waals surface area (Å²) in [5.74, 6) is -3.99. The van der Waals surface area contributed by atoms with Crippen molar-refractivity contribution >= 4 is 35.0 Å². The predicted octanol–water partition coefficient (Wildman–Crippen LogP) is 3.75. The molecule has 1 saturated carbocycles. The molecule has 8 heteroatoms. The van der Waals surface area contributed by atoms with Gasteiger partial charge in [0.25, 0.3) is 0 Å². The monoisotopic (exact) mass is 534 g/mol. The van der Waals surface area contributed by atoms with Gasteiger partial charge in [-0.2, -0.15) is 0 Å². The lowest BCUT2D eigenvalue weighted by Crippen LogP contribution is -2.60. The molecule has 2 aliphatic heterocycles. The lowest BCUT2D eigenvalue weighted by Gasteiger charge is -2.53. The lowest BCUT2D eigenvalue weighted by atomic mass is 9.45. The minimum atomic E-state index is -1.16. The van der Waals surface area contributed by atoms with Crippen LogP contribution in [0.1, 0.15) is 5.56 Å². The van der Waals surface area contributed by atoms with Crippen LogP contribution in [-0.4, -0.2) is 37.8 Å². The Morgan fingerprint density at radius 2 is 1.05 bits per heavy atom. The number of benzene rings is 3. The summed E-state index contributed by atoms with van der Waals surface area (Å²) in [7, 11) is 3.09. The molecular weight excluding hydrogens is 508 g/mol. The van der Waals surface area contributed by atoms with E-state index in [0.29, 0.717) is 22.9 Å². The topological polar surface area (TPSA) is 93.2 Å². The molecule has 0 spiro atoms. The molecule has 2 heterocycles. The zero-order chi connectivity index (χ0) is 27.8. The van der Waals surface area contributed by atoms with E-state index < -0.39 is 35.0 Å². The molecule has 0 radical (unpaired) electrons. The molecule has 8 nitrogen and oxygen atoms in total. The average Bonchev–Trinajstić information content (AvgIpc) is 3.44. The van der Waals surface area contributed by atoms with E-state index in [2.05, 4.69) is 0 Å². The number of hydrogen-bond acceptors (Lipinski definition) is 6. The third-order valence-electron chi connectivity index (χ3n) is 9.09. The second kappa shape index (κ2) is 8.64. The smallest absolute Gasteiger partial charge is 0.238 e. The molecule has 3 aromatic rings. The number of carbonyl (C=O) groups excluding carboxylic acids is 4. The largest absolute Gasteiger partial charge is 0.497 e. The Kier molecular flexibility index (Phi) is 5.26. The van der Waals surface area contributed by atoms with Crippen LogP contribution in [0.4, 0.5) is 11.4 Å². The SMILES string of the molecule is COc1ccc(N2C(=O)[C@@H]3C4C=CC(c5ccccc5)([C@H]3C2=O)[C@H]2C(=O)N(c3ccc(OC)cc3)C(=O)[C@@H]42)cc1. The van der Waals surface area contributed by atoms with Crippen molar-refractivity contribution in [1.29, 1.82) is 0 Å². The first-order valence-corrected chi connectivity index (χ1v) is 13.2. The van der Waals surface area contributed by atoms with Crippen LogP contribution in [0.15, 0.2) is 91.0 Å². The van der Waals surface area contributed by atoms with Gasteiger partial charge in [-0.25, -0.2) is 9.80 Å². The van der Waals surface area contributed by atoms with E-state index >= 15 is 0 Å². The summed E-state index contributed by atoms with van der Waals surface area (Å²) in [5.41, 5.74) is 0.462. The van der Waals surface area contributed by atoms with Crippen molar-refractivity contribution in [2.24, 2.45) is 29.6 Å². The molecule has 0 aromatic heterocycles. The maximum Gasteiger partial charge on any atom is 0.238 e. The van der Waals surface area contributed by atoms with Gasteiger partial charge in [0, 0.05) is 11.3 Å². The maximum atomic E-state index is 14.3. The Bertz CT molecular complexity index is 1490. The molecular formula is C32H26N2O6. The highest BCUT2D eigenvalue weighted by Crippen LogP contribution is 2.65. The van der Waals surface area contributed by atoms with E-state index in [1.807, 2.05) is 42.5 Å². The Labute approximate surface area is 230 Å². The van der Waals surface area contributed by atoms with Crippen LogP contribution in [0.5, 0.6) is 11.5 Å². The first kappa shape index (κ1) is 24.3. The Hall–Kier alpha value is -4.72. The number of rotatable bonds is 5. The van der Waals surface area contributed by atoms with Crippen LogP contribution < -0.4 is 19.3 Å². The fourth-order valence-corrected chi connectivity index (χ4v) is 7.45. The summed E-state index contributed by atoms with van der Waals surface area (Å²) >= 11 is 0. The van der Waals surface area contributed by atoms with Gasteiger partial charge in [-0.1, -0.05) is 42.5 Å².